The highest BCUT2D eigenvalue weighted by Gasteiger charge is 2.33. The van der Waals surface area contributed by atoms with Crippen molar-refractivity contribution in [2.75, 3.05) is 7.11 Å². The van der Waals surface area contributed by atoms with E-state index in [4.69, 9.17) is 14.9 Å². The highest BCUT2D eigenvalue weighted by Crippen LogP contribution is 2.47. The lowest BCUT2D eigenvalue weighted by atomic mass is 10.1. The van der Waals surface area contributed by atoms with Crippen molar-refractivity contribution in [2.45, 2.75) is 31.7 Å². The van der Waals surface area contributed by atoms with Gasteiger partial charge in [0.25, 0.3) is 11.8 Å². The number of rotatable bonds is 8. The molecule has 1 aliphatic rings. The van der Waals surface area contributed by atoms with Gasteiger partial charge in [0, 0.05) is 16.6 Å². The molecule has 3 N–H and O–H groups in total. The van der Waals surface area contributed by atoms with Gasteiger partial charge >= 0.3 is 0 Å². The number of hydrogen-bond donors (Lipinski definition) is 3. The van der Waals surface area contributed by atoms with Gasteiger partial charge in [-0.3, -0.25) is 14.8 Å². The standard InChI is InChI=1S/C26H24N4O4S2/c1-14(15-3-7-18(8-4-15)23(31)30-33)28-24(32)21-22(17-5-6-17)36-26(29-21)25-27-13-20(35-25)16-9-11-19(34-2)12-10-16/h3-4,7-14,17,33H,5-6H2,1-2H3,(H,28,32)(H,30,31)/t14-/m0/s1. The van der Waals surface area contributed by atoms with Gasteiger partial charge in [-0.25, -0.2) is 15.4 Å². The molecule has 0 radical (unpaired) electrons. The Morgan fingerprint density at radius 1 is 1.03 bits per heavy atom. The van der Waals surface area contributed by atoms with Gasteiger partial charge in [-0.1, -0.05) is 12.1 Å². The average molecular weight is 521 g/mol. The van der Waals surface area contributed by atoms with Crippen LogP contribution in [0.25, 0.3) is 20.5 Å². The van der Waals surface area contributed by atoms with Crippen LogP contribution in [0.1, 0.15) is 63.0 Å². The summed E-state index contributed by atoms with van der Waals surface area (Å²) >= 11 is 3.09. The Hall–Kier alpha value is -3.60. The molecule has 1 fully saturated rings. The SMILES string of the molecule is COc1ccc(-c2cnc(-c3nc(C(=O)N[C@@H](C)c4ccc(C(=O)NO)cc4)c(C4CC4)s3)s2)cc1. The van der Waals surface area contributed by atoms with E-state index in [0.717, 1.165) is 49.5 Å². The Morgan fingerprint density at radius 3 is 2.39 bits per heavy atom. The van der Waals surface area contributed by atoms with Crippen LogP contribution in [0.3, 0.4) is 0 Å². The van der Waals surface area contributed by atoms with Crippen molar-refractivity contribution in [3.8, 4) is 26.2 Å². The van der Waals surface area contributed by atoms with Gasteiger partial charge in [0.05, 0.1) is 18.0 Å². The molecule has 0 aliphatic heterocycles. The molecule has 2 aromatic heterocycles. The van der Waals surface area contributed by atoms with Crippen molar-refractivity contribution in [3.05, 3.63) is 76.4 Å². The summed E-state index contributed by atoms with van der Waals surface area (Å²) in [6.07, 6.45) is 3.95. The summed E-state index contributed by atoms with van der Waals surface area (Å²) < 4.78 is 5.24. The molecule has 8 nitrogen and oxygen atoms in total. The van der Waals surface area contributed by atoms with Gasteiger partial charge in [-0.05, 0) is 73.2 Å². The maximum atomic E-state index is 13.2. The Labute approximate surface area is 216 Å². The molecule has 184 valence electrons. The van der Waals surface area contributed by atoms with Gasteiger partial charge in [-0.15, -0.1) is 22.7 Å². The first-order chi connectivity index (χ1) is 17.5. The molecule has 1 atom stereocenters. The molecule has 2 aromatic carbocycles. The number of carbonyl (C=O) groups excluding carboxylic acids is 2. The Kier molecular flexibility index (Phi) is 6.82. The average Bonchev–Trinajstić information content (AvgIpc) is 3.46. The molecule has 2 amide bonds. The third-order valence-electron chi connectivity index (χ3n) is 6.00. The van der Waals surface area contributed by atoms with Gasteiger partial charge in [0.15, 0.2) is 10.0 Å². The van der Waals surface area contributed by atoms with Crippen LogP contribution in [0.15, 0.2) is 54.7 Å². The summed E-state index contributed by atoms with van der Waals surface area (Å²) in [5.74, 6) is 0.356. The topological polar surface area (TPSA) is 113 Å². The summed E-state index contributed by atoms with van der Waals surface area (Å²) in [7, 11) is 1.64. The molecule has 10 heteroatoms. The third-order valence-corrected chi connectivity index (χ3v) is 8.41. The molecule has 5 rings (SSSR count). The summed E-state index contributed by atoms with van der Waals surface area (Å²) in [5, 5.41) is 13.3. The number of benzene rings is 2. The van der Waals surface area contributed by atoms with Gasteiger partial charge in [0.2, 0.25) is 0 Å². The molecule has 1 aliphatic carbocycles. The summed E-state index contributed by atoms with van der Waals surface area (Å²) in [4.78, 5) is 36.1. The number of methoxy groups -OCH3 is 1. The van der Waals surface area contributed by atoms with Crippen LogP contribution < -0.4 is 15.5 Å². The smallest absolute Gasteiger partial charge is 0.274 e. The van der Waals surface area contributed by atoms with Crippen molar-refractivity contribution in [2.24, 2.45) is 0 Å². The van der Waals surface area contributed by atoms with Crippen LogP contribution in [0, 0.1) is 0 Å². The first kappa shape index (κ1) is 24.1. The maximum absolute atomic E-state index is 13.2. The number of thiazole rings is 2. The minimum absolute atomic E-state index is 0.226. The maximum Gasteiger partial charge on any atom is 0.274 e. The van der Waals surface area contributed by atoms with E-state index < -0.39 is 5.91 Å². The van der Waals surface area contributed by atoms with E-state index in [1.165, 1.54) is 0 Å². The number of carbonyl (C=O) groups is 2. The minimum atomic E-state index is -0.584. The monoisotopic (exact) mass is 520 g/mol. The number of aromatic nitrogens is 2. The fraction of sp³-hybridized carbons (Fsp3) is 0.231. The summed E-state index contributed by atoms with van der Waals surface area (Å²) in [5.41, 5.74) is 4.29. The van der Waals surface area contributed by atoms with Crippen molar-refractivity contribution < 1.29 is 19.5 Å². The predicted octanol–water partition coefficient (Wildman–Crippen LogP) is 5.43. The second-order valence-corrected chi connectivity index (χ2v) is 10.6. The Balaban J connectivity index is 1.35. The van der Waals surface area contributed by atoms with Crippen molar-refractivity contribution in [1.29, 1.82) is 0 Å². The van der Waals surface area contributed by atoms with Crippen molar-refractivity contribution >= 4 is 34.5 Å². The molecule has 0 unspecified atom stereocenters. The zero-order valence-corrected chi connectivity index (χ0v) is 21.3. The first-order valence-electron chi connectivity index (χ1n) is 11.4. The zero-order valence-electron chi connectivity index (χ0n) is 19.6. The molecular formula is C26H24N4O4S2. The van der Waals surface area contributed by atoms with E-state index in [-0.39, 0.29) is 11.9 Å². The quantitative estimate of drug-likeness (QED) is 0.211. The Morgan fingerprint density at radius 2 is 1.75 bits per heavy atom. The molecule has 4 aromatic rings. The largest absolute Gasteiger partial charge is 0.497 e. The van der Waals surface area contributed by atoms with E-state index >= 15 is 0 Å². The van der Waals surface area contributed by atoms with E-state index in [1.54, 1.807) is 59.5 Å². The van der Waals surface area contributed by atoms with Crippen molar-refractivity contribution in [1.82, 2.24) is 20.8 Å². The fourth-order valence-corrected chi connectivity index (χ4v) is 5.98. The second kappa shape index (κ2) is 10.2. The number of hydroxylamine groups is 1. The first-order valence-corrected chi connectivity index (χ1v) is 13.1. The minimum Gasteiger partial charge on any atom is -0.497 e. The number of nitrogens with one attached hydrogen (secondary N) is 2. The van der Waals surface area contributed by atoms with E-state index in [0.29, 0.717) is 17.2 Å². The lowest BCUT2D eigenvalue weighted by molar-refractivity contribution is 0.0706. The van der Waals surface area contributed by atoms with Crippen LogP contribution >= 0.6 is 22.7 Å². The highest BCUT2D eigenvalue weighted by molar-refractivity contribution is 7.23. The molecule has 1 saturated carbocycles. The van der Waals surface area contributed by atoms with Crippen LogP contribution in [-0.4, -0.2) is 34.1 Å². The number of amides is 2. The number of hydrogen-bond acceptors (Lipinski definition) is 8. The lowest BCUT2D eigenvalue weighted by Gasteiger charge is -2.14. The zero-order chi connectivity index (χ0) is 25.2. The normalized spacial score (nSPS) is 13.8. The Bertz CT molecular complexity index is 1390. The van der Waals surface area contributed by atoms with Crippen molar-refractivity contribution in [3.63, 3.8) is 0 Å². The molecular weight excluding hydrogens is 496 g/mol. The van der Waals surface area contributed by atoms with Crippen LogP contribution in [0.2, 0.25) is 0 Å². The third kappa shape index (κ3) is 5.01. The number of ether oxygens (including phenoxy) is 1. The van der Waals surface area contributed by atoms with Gasteiger partial charge < -0.3 is 10.1 Å². The summed E-state index contributed by atoms with van der Waals surface area (Å²) in [6, 6.07) is 14.2. The summed E-state index contributed by atoms with van der Waals surface area (Å²) in [6.45, 7) is 1.88. The molecule has 0 saturated heterocycles. The molecule has 36 heavy (non-hydrogen) atoms. The number of nitrogens with zero attached hydrogens (tertiary/aromatic N) is 2. The highest BCUT2D eigenvalue weighted by atomic mass is 32.1. The van der Waals surface area contributed by atoms with E-state index in [2.05, 4.69) is 10.3 Å². The molecule has 0 spiro atoms. The van der Waals surface area contributed by atoms with E-state index in [1.807, 2.05) is 37.4 Å². The fourth-order valence-electron chi connectivity index (χ4n) is 3.81. The van der Waals surface area contributed by atoms with Gasteiger partial charge in [0.1, 0.15) is 11.4 Å². The second-order valence-electron chi connectivity index (χ2n) is 8.52. The lowest BCUT2D eigenvalue weighted by Crippen LogP contribution is -2.27. The van der Waals surface area contributed by atoms with E-state index in [9.17, 15) is 9.59 Å². The van der Waals surface area contributed by atoms with Crippen LogP contribution in [-0.2, 0) is 0 Å². The van der Waals surface area contributed by atoms with Gasteiger partial charge in [-0.2, -0.15) is 0 Å². The predicted molar refractivity (Wildman–Crippen MR) is 139 cm³/mol. The van der Waals surface area contributed by atoms with Crippen LogP contribution in [0.4, 0.5) is 0 Å². The van der Waals surface area contributed by atoms with Crippen LogP contribution in [0.5, 0.6) is 5.75 Å². The molecule has 0 bridgehead atoms. The molecule has 2 heterocycles.